The first-order valence-corrected chi connectivity index (χ1v) is 8.95. The van der Waals surface area contributed by atoms with Gasteiger partial charge in [0.05, 0.1) is 12.6 Å². The van der Waals surface area contributed by atoms with E-state index in [9.17, 15) is 9.59 Å². The van der Waals surface area contributed by atoms with Crippen molar-refractivity contribution in [1.29, 1.82) is 0 Å². The fourth-order valence-electron chi connectivity index (χ4n) is 3.70. The molecule has 2 bridgehead atoms. The van der Waals surface area contributed by atoms with Crippen molar-refractivity contribution in [3.8, 4) is 0 Å². The number of carbonyl (C=O) groups excluding carboxylic acids is 2. The number of ether oxygens (including phenoxy) is 3. The van der Waals surface area contributed by atoms with Crippen LogP contribution in [0.25, 0.3) is 10.4 Å². The lowest BCUT2D eigenvalue weighted by Gasteiger charge is -2.42. The Morgan fingerprint density at radius 2 is 2.24 bits per heavy atom. The van der Waals surface area contributed by atoms with Gasteiger partial charge in [0, 0.05) is 18.4 Å². The fraction of sp³-hybridized carbons (Fsp3) is 0.389. The topological polar surface area (TPSA) is 138 Å². The third-order valence-corrected chi connectivity index (χ3v) is 4.85. The van der Waals surface area contributed by atoms with Crippen LogP contribution in [0.5, 0.6) is 0 Å². The van der Waals surface area contributed by atoms with Crippen molar-refractivity contribution in [3.05, 3.63) is 58.2 Å². The molecule has 1 spiro atoms. The minimum absolute atomic E-state index is 0.101. The first kappa shape index (κ1) is 18.8. The molecule has 0 aliphatic carbocycles. The van der Waals surface area contributed by atoms with Crippen molar-refractivity contribution < 1.29 is 23.8 Å². The lowest BCUT2D eigenvalue weighted by Crippen LogP contribution is -2.63. The van der Waals surface area contributed by atoms with Crippen molar-refractivity contribution in [2.75, 3.05) is 13.2 Å². The average molecular weight is 398 g/mol. The molecule has 0 saturated carbocycles. The standard InChI is InChI=1S/C18H18N6O5/c1-11(25)29-14-7-8-24-16(20-13-10-28-18(14,24)15(13)22-23-19)21-17(26)27-9-12-5-3-2-4-6-12/h2-7,13,15H,8-10H2,1H3,(H,20,21,26)/t13-,15-,18+/m0/s1. The Kier molecular flexibility index (Phi) is 4.83. The van der Waals surface area contributed by atoms with Crippen LogP contribution in [-0.4, -0.2) is 53.9 Å². The van der Waals surface area contributed by atoms with Crippen LogP contribution < -0.4 is 5.32 Å². The summed E-state index contributed by atoms with van der Waals surface area (Å²) in [6.45, 7) is 1.75. The van der Waals surface area contributed by atoms with Crippen LogP contribution in [-0.2, 0) is 25.6 Å². The summed E-state index contributed by atoms with van der Waals surface area (Å²) in [6.07, 6.45) is 0.951. The number of carbonyl (C=O) groups is 2. The SMILES string of the molecule is CC(=O)OC1=CCN2C(NC(=O)OCc3ccccc3)=N[C@H]3CO[C@@]12[C@H]3N=[N+]=[N-]. The highest BCUT2D eigenvalue weighted by Crippen LogP contribution is 2.46. The van der Waals surface area contributed by atoms with Gasteiger partial charge in [-0.25, -0.2) is 9.79 Å². The Labute approximate surface area is 165 Å². The summed E-state index contributed by atoms with van der Waals surface area (Å²) in [5.41, 5.74) is 8.49. The molecule has 0 unspecified atom stereocenters. The number of fused-ring (bicyclic) bond motifs is 1. The summed E-state index contributed by atoms with van der Waals surface area (Å²) in [4.78, 5) is 32.8. The molecule has 3 heterocycles. The number of hydrogen-bond donors (Lipinski definition) is 1. The molecule has 3 aliphatic heterocycles. The highest BCUT2D eigenvalue weighted by molar-refractivity contribution is 5.95. The first-order valence-electron chi connectivity index (χ1n) is 8.95. The van der Waals surface area contributed by atoms with Gasteiger partial charge in [0.15, 0.2) is 5.76 Å². The van der Waals surface area contributed by atoms with Crippen LogP contribution in [0, 0.1) is 0 Å². The Bertz CT molecular complexity index is 941. The lowest BCUT2D eigenvalue weighted by molar-refractivity contribution is -0.145. The number of nitrogens with zero attached hydrogens (tertiary/aromatic N) is 5. The van der Waals surface area contributed by atoms with Gasteiger partial charge in [-0.15, -0.1) is 0 Å². The highest BCUT2D eigenvalue weighted by atomic mass is 16.6. The van der Waals surface area contributed by atoms with Crippen molar-refractivity contribution in [2.24, 2.45) is 10.1 Å². The van der Waals surface area contributed by atoms with Crippen LogP contribution in [0.15, 0.2) is 52.3 Å². The molecule has 29 heavy (non-hydrogen) atoms. The molecular formula is C18H18N6O5. The number of aliphatic imine (C=N–C) groups is 1. The maximum atomic E-state index is 12.3. The molecule has 11 nitrogen and oxygen atoms in total. The third-order valence-electron chi connectivity index (χ3n) is 4.85. The minimum Gasteiger partial charge on any atom is -0.444 e. The minimum atomic E-state index is -1.33. The Morgan fingerprint density at radius 1 is 1.45 bits per heavy atom. The Balaban J connectivity index is 1.54. The quantitative estimate of drug-likeness (QED) is 0.355. The van der Waals surface area contributed by atoms with Gasteiger partial charge in [-0.1, -0.05) is 35.4 Å². The van der Waals surface area contributed by atoms with Crippen LogP contribution in [0.3, 0.4) is 0 Å². The van der Waals surface area contributed by atoms with Crippen LogP contribution >= 0.6 is 0 Å². The van der Waals surface area contributed by atoms with E-state index in [0.717, 1.165) is 5.56 Å². The summed E-state index contributed by atoms with van der Waals surface area (Å²) in [5.74, 6) is -0.108. The van der Waals surface area contributed by atoms with Gasteiger partial charge in [0.1, 0.15) is 12.6 Å². The summed E-state index contributed by atoms with van der Waals surface area (Å²) < 4.78 is 16.5. The third kappa shape index (κ3) is 3.26. The Morgan fingerprint density at radius 3 is 2.97 bits per heavy atom. The zero-order valence-electron chi connectivity index (χ0n) is 15.5. The number of benzene rings is 1. The van der Waals surface area contributed by atoms with Crippen LogP contribution in [0.4, 0.5) is 4.79 Å². The van der Waals surface area contributed by atoms with Crippen molar-refractivity contribution in [1.82, 2.24) is 10.2 Å². The first-order chi connectivity index (χ1) is 14.0. The molecule has 150 valence electrons. The number of azide groups is 1. The van der Waals surface area contributed by atoms with E-state index in [1.54, 1.807) is 11.0 Å². The molecule has 1 aromatic rings. The number of amides is 1. The number of nitrogens with one attached hydrogen (secondary N) is 1. The summed E-state index contributed by atoms with van der Waals surface area (Å²) in [7, 11) is 0. The second kappa shape index (κ2) is 7.46. The smallest absolute Gasteiger partial charge is 0.414 e. The molecule has 4 rings (SSSR count). The molecule has 0 aromatic heterocycles. The van der Waals surface area contributed by atoms with Crippen LogP contribution in [0.2, 0.25) is 0 Å². The number of hydrogen-bond acceptors (Lipinski definition) is 8. The van der Waals surface area contributed by atoms with E-state index >= 15 is 0 Å². The van der Waals surface area contributed by atoms with Gasteiger partial charge in [0.2, 0.25) is 11.7 Å². The number of guanidine groups is 1. The van der Waals surface area contributed by atoms with Gasteiger partial charge in [-0.05, 0) is 17.2 Å². The van der Waals surface area contributed by atoms with E-state index in [2.05, 4.69) is 20.3 Å². The Hall–Kier alpha value is -3.56. The monoisotopic (exact) mass is 398 g/mol. The average Bonchev–Trinajstić information content (AvgIpc) is 3.19. The zero-order valence-corrected chi connectivity index (χ0v) is 15.5. The summed E-state index contributed by atoms with van der Waals surface area (Å²) in [6, 6.07) is 7.97. The van der Waals surface area contributed by atoms with E-state index < -0.39 is 29.9 Å². The molecular weight excluding hydrogens is 380 g/mol. The number of rotatable bonds is 4. The largest absolute Gasteiger partial charge is 0.444 e. The highest BCUT2D eigenvalue weighted by Gasteiger charge is 2.63. The van der Waals surface area contributed by atoms with Gasteiger partial charge >= 0.3 is 12.1 Å². The van der Waals surface area contributed by atoms with Gasteiger partial charge < -0.3 is 19.1 Å². The summed E-state index contributed by atoms with van der Waals surface area (Å²) in [5, 5.41) is 6.44. The number of esters is 1. The fourth-order valence-corrected chi connectivity index (χ4v) is 3.70. The predicted molar refractivity (Wildman–Crippen MR) is 99.2 cm³/mol. The molecule has 1 fully saturated rings. The van der Waals surface area contributed by atoms with E-state index in [1.807, 2.05) is 30.3 Å². The van der Waals surface area contributed by atoms with Gasteiger partial charge in [-0.3, -0.25) is 10.1 Å². The van der Waals surface area contributed by atoms with E-state index in [1.165, 1.54) is 6.92 Å². The molecule has 1 saturated heterocycles. The zero-order chi connectivity index (χ0) is 20.4. The van der Waals surface area contributed by atoms with E-state index in [-0.39, 0.29) is 31.5 Å². The molecule has 0 radical (unpaired) electrons. The predicted octanol–water partition coefficient (Wildman–Crippen LogP) is 1.82. The normalized spacial score (nSPS) is 26.6. The lowest BCUT2D eigenvalue weighted by atomic mass is 9.97. The summed E-state index contributed by atoms with van der Waals surface area (Å²) >= 11 is 0. The van der Waals surface area contributed by atoms with Crippen LogP contribution in [0.1, 0.15) is 12.5 Å². The van der Waals surface area contributed by atoms with Gasteiger partial charge in [-0.2, -0.15) is 0 Å². The molecule has 11 heteroatoms. The molecule has 3 aliphatic rings. The van der Waals surface area contributed by atoms with Crippen molar-refractivity contribution in [3.63, 3.8) is 0 Å². The molecule has 1 N–H and O–H groups in total. The molecule has 1 amide bonds. The number of alkyl carbamates (subject to hydrolysis) is 1. The van der Waals surface area contributed by atoms with Crippen molar-refractivity contribution >= 4 is 18.0 Å². The second-order valence-corrected chi connectivity index (χ2v) is 6.64. The molecule has 3 atom stereocenters. The second-order valence-electron chi connectivity index (χ2n) is 6.64. The van der Waals surface area contributed by atoms with E-state index in [0.29, 0.717) is 0 Å². The van der Waals surface area contributed by atoms with Gasteiger partial charge in [0.25, 0.3) is 0 Å². The van der Waals surface area contributed by atoms with E-state index in [4.69, 9.17) is 19.7 Å². The maximum absolute atomic E-state index is 12.3. The van der Waals surface area contributed by atoms with Crippen molar-refractivity contribution in [2.45, 2.75) is 31.3 Å². The molecule has 1 aromatic carbocycles. The maximum Gasteiger partial charge on any atom is 0.414 e.